The number of hydrogen-bond acceptors (Lipinski definition) is 6. The number of hydrazone groups is 1. The molecule has 3 aromatic carbocycles. The van der Waals surface area contributed by atoms with E-state index in [9.17, 15) is 14.4 Å². The predicted molar refractivity (Wildman–Crippen MR) is 125 cm³/mol. The summed E-state index contributed by atoms with van der Waals surface area (Å²) < 4.78 is 10.7. The van der Waals surface area contributed by atoms with Crippen LogP contribution in [0.1, 0.15) is 28.4 Å². The van der Waals surface area contributed by atoms with Gasteiger partial charge in [0.1, 0.15) is 11.5 Å². The summed E-state index contributed by atoms with van der Waals surface area (Å²) in [4.78, 5) is 36.1. The molecule has 0 aromatic heterocycles. The van der Waals surface area contributed by atoms with Gasteiger partial charge in [-0.3, -0.25) is 9.59 Å². The van der Waals surface area contributed by atoms with Crippen LogP contribution in [0.15, 0.2) is 77.9 Å². The van der Waals surface area contributed by atoms with Crippen LogP contribution in [0.3, 0.4) is 0 Å². The van der Waals surface area contributed by atoms with Gasteiger partial charge in [-0.1, -0.05) is 17.7 Å². The van der Waals surface area contributed by atoms with Crippen molar-refractivity contribution in [1.29, 1.82) is 0 Å². The van der Waals surface area contributed by atoms with E-state index in [0.717, 1.165) is 5.56 Å². The third-order valence-corrected chi connectivity index (χ3v) is 4.35. The van der Waals surface area contributed by atoms with E-state index in [4.69, 9.17) is 9.47 Å². The Balaban J connectivity index is 1.48. The van der Waals surface area contributed by atoms with Crippen LogP contribution in [0, 0.1) is 6.92 Å². The maximum Gasteiger partial charge on any atom is 0.343 e. The van der Waals surface area contributed by atoms with Crippen LogP contribution in [0.5, 0.6) is 11.5 Å². The molecule has 2 amide bonds. The van der Waals surface area contributed by atoms with Gasteiger partial charge >= 0.3 is 17.8 Å². The van der Waals surface area contributed by atoms with E-state index in [-0.39, 0.29) is 0 Å². The number of benzene rings is 3. The van der Waals surface area contributed by atoms with Gasteiger partial charge < -0.3 is 14.8 Å². The van der Waals surface area contributed by atoms with Crippen molar-refractivity contribution in [1.82, 2.24) is 5.43 Å². The van der Waals surface area contributed by atoms with Gasteiger partial charge in [-0.25, -0.2) is 10.2 Å². The minimum absolute atomic E-state index is 0.373. The monoisotopic (exact) mass is 445 g/mol. The van der Waals surface area contributed by atoms with Crippen molar-refractivity contribution in [3.05, 3.63) is 89.5 Å². The van der Waals surface area contributed by atoms with Gasteiger partial charge in [-0.05, 0) is 80.1 Å². The topological polar surface area (TPSA) is 106 Å². The fourth-order valence-corrected chi connectivity index (χ4v) is 2.77. The molecular weight excluding hydrogens is 422 g/mol. The molecule has 8 heteroatoms. The van der Waals surface area contributed by atoms with E-state index in [2.05, 4.69) is 15.8 Å². The number of anilines is 1. The Hall–Kier alpha value is -4.46. The molecule has 0 bridgehead atoms. The fourth-order valence-electron chi connectivity index (χ4n) is 2.77. The van der Waals surface area contributed by atoms with E-state index in [0.29, 0.717) is 34.9 Å². The average molecular weight is 445 g/mol. The highest BCUT2D eigenvalue weighted by atomic mass is 16.5. The van der Waals surface area contributed by atoms with Crippen LogP contribution in [0.4, 0.5) is 5.69 Å². The maximum atomic E-state index is 12.2. The SMILES string of the molecule is CCOc1ccc(NC(=O)C(=O)N/N=C/c2ccc(OC(=O)c3cccc(C)c3)cc2)cc1. The standard InChI is InChI=1S/C25H23N3O5/c1-3-32-21-13-9-20(10-14-21)27-23(29)24(30)28-26-16-18-7-11-22(12-8-18)33-25(31)19-6-4-5-17(2)15-19/h4-16H,3H2,1-2H3,(H,27,29)(H,28,30)/b26-16+. The minimum Gasteiger partial charge on any atom is -0.494 e. The maximum absolute atomic E-state index is 12.2. The molecule has 0 aliphatic heterocycles. The number of nitrogens with one attached hydrogen (secondary N) is 2. The highest BCUT2D eigenvalue weighted by Gasteiger charge is 2.13. The molecule has 0 heterocycles. The highest BCUT2D eigenvalue weighted by Crippen LogP contribution is 2.16. The lowest BCUT2D eigenvalue weighted by Gasteiger charge is -2.06. The number of carbonyl (C=O) groups is 3. The fraction of sp³-hybridized carbons (Fsp3) is 0.120. The Morgan fingerprint density at radius 1 is 0.909 bits per heavy atom. The number of esters is 1. The lowest BCUT2D eigenvalue weighted by molar-refractivity contribution is -0.136. The summed E-state index contributed by atoms with van der Waals surface area (Å²) in [5, 5.41) is 6.25. The van der Waals surface area contributed by atoms with Crippen molar-refractivity contribution in [2.75, 3.05) is 11.9 Å². The second-order valence-electron chi connectivity index (χ2n) is 6.94. The molecule has 3 rings (SSSR count). The number of hydrogen-bond donors (Lipinski definition) is 2. The number of carbonyl (C=O) groups excluding carboxylic acids is 3. The first-order chi connectivity index (χ1) is 15.9. The number of ether oxygens (including phenoxy) is 2. The summed E-state index contributed by atoms with van der Waals surface area (Å²) in [6, 6.07) is 20.3. The number of rotatable bonds is 7. The summed E-state index contributed by atoms with van der Waals surface area (Å²) >= 11 is 0. The van der Waals surface area contributed by atoms with Crippen molar-refractivity contribution < 1.29 is 23.9 Å². The number of amides is 2. The van der Waals surface area contributed by atoms with Gasteiger partial charge in [0.15, 0.2) is 0 Å². The lowest BCUT2D eigenvalue weighted by Crippen LogP contribution is -2.32. The quantitative estimate of drug-likeness (QED) is 0.190. The molecule has 0 radical (unpaired) electrons. The van der Waals surface area contributed by atoms with Crippen molar-refractivity contribution >= 4 is 29.7 Å². The molecule has 0 aliphatic carbocycles. The Morgan fingerprint density at radius 3 is 2.27 bits per heavy atom. The van der Waals surface area contributed by atoms with Crippen molar-refractivity contribution in [2.45, 2.75) is 13.8 Å². The minimum atomic E-state index is -0.913. The van der Waals surface area contributed by atoms with Gasteiger partial charge in [0, 0.05) is 5.69 Å². The molecule has 0 fully saturated rings. The van der Waals surface area contributed by atoms with Gasteiger partial charge in [0.05, 0.1) is 18.4 Å². The van der Waals surface area contributed by atoms with E-state index >= 15 is 0 Å². The zero-order valence-electron chi connectivity index (χ0n) is 18.2. The normalized spacial score (nSPS) is 10.5. The molecule has 0 unspecified atom stereocenters. The molecule has 0 saturated carbocycles. The van der Waals surface area contributed by atoms with Crippen molar-refractivity contribution in [3.8, 4) is 11.5 Å². The Kier molecular flexibility index (Phi) is 7.91. The predicted octanol–water partition coefficient (Wildman–Crippen LogP) is 3.70. The molecule has 33 heavy (non-hydrogen) atoms. The van der Waals surface area contributed by atoms with E-state index in [1.165, 1.54) is 6.21 Å². The molecule has 0 atom stereocenters. The summed E-state index contributed by atoms with van der Waals surface area (Å²) in [6.07, 6.45) is 1.37. The Bertz CT molecular complexity index is 1160. The van der Waals surface area contributed by atoms with Crippen LogP contribution < -0.4 is 20.2 Å². The largest absolute Gasteiger partial charge is 0.494 e. The van der Waals surface area contributed by atoms with Crippen LogP contribution in [0.2, 0.25) is 0 Å². The molecule has 3 aromatic rings. The van der Waals surface area contributed by atoms with Gasteiger partial charge in [-0.15, -0.1) is 0 Å². The summed E-state index contributed by atoms with van der Waals surface area (Å²) in [7, 11) is 0. The molecular formula is C25H23N3O5. The van der Waals surface area contributed by atoms with Crippen molar-refractivity contribution in [3.63, 3.8) is 0 Å². The van der Waals surface area contributed by atoms with Crippen LogP contribution in [0.25, 0.3) is 0 Å². The van der Waals surface area contributed by atoms with Gasteiger partial charge in [-0.2, -0.15) is 5.10 Å². The molecule has 0 saturated heterocycles. The summed E-state index contributed by atoms with van der Waals surface area (Å²) in [5.41, 5.74) is 4.69. The molecule has 0 spiro atoms. The first-order valence-electron chi connectivity index (χ1n) is 10.2. The van der Waals surface area contributed by atoms with Crippen LogP contribution in [-0.2, 0) is 9.59 Å². The van der Waals surface area contributed by atoms with Gasteiger partial charge in [0.25, 0.3) is 0 Å². The third-order valence-electron chi connectivity index (χ3n) is 4.35. The Morgan fingerprint density at radius 2 is 1.61 bits per heavy atom. The average Bonchev–Trinajstić information content (AvgIpc) is 2.81. The van der Waals surface area contributed by atoms with Crippen molar-refractivity contribution in [2.24, 2.45) is 5.10 Å². The zero-order chi connectivity index (χ0) is 23.6. The molecule has 8 nitrogen and oxygen atoms in total. The van der Waals surface area contributed by atoms with Crippen LogP contribution >= 0.6 is 0 Å². The number of aryl methyl sites for hydroxylation is 1. The first-order valence-corrected chi connectivity index (χ1v) is 10.2. The van der Waals surface area contributed by atoms with E-state index in [1.54, 1.807) is 66.7 Å². The Labute approximate surface area is 191 Å². The summed E-state index contributed by atoms with van der Waals surface area (Å²) in [6.45, 7) is 4.30. The van der Waals surface area contributed by atoms with E-state index in [1.807, 2.05) is 19.9 Å². The highest BCUT2D eigenvalue weighted by molar-refractivity contribution is 6.39. The van der Waals surface area contributed by atoms with E-state index < -0.39 is 17.8 Å². The third kappa shape index (κ3) is 7.03. The molecule has 2 N–H and O–H groups in total. The second-order valence-corrected chi connectivity index (χ2v) is 6.94. The second kappa shape index (κ2) is 11.2. The lowest BCUT2D eigenvalue weighted by atomic mass is 10.1. The first kappa shape index (κ1) is 23.2. The number of nitrogens with zero attached hydrogens (tertiary/aromatic N) is 1. The smallest absolute Gasteiger partial charge is 0.343 e. The van der Waals surface area contributed by atoms with Crippen LogP contribution in [-0.4, -0.2) is 30.6 Å². The zero-order valence-corrected chi connectivity index (χ0v) is 18.2. The molecule has 168 valence electrons. The van der Waals surface area contributed by atoms with Gasteiger partial charge in [0.2, 0.25) is 0 Å². The summed E-state index contributed by atoms with van der Waals surface area (Å²) in [5.74, 6) is -1.18. The molecule has 0 aliphatic rings.